The van der Waals surface area contributed by atoms with Crippen LogP contribution in [0.1, 0.15) is 348 Å². The second-order valence-electron chi connectivity index (χ2n) is 23.4. The average molecular weight is 1140 g/mol. The fourth-order valence-corrected chi connectivity index (χ4v) is 10.0. The van der Waals surface area contributed by atoms with E-state index in [-0.39, 0.29) is 31.1 Å². The Balaban J connectivity index is 4.36. The summed E-state index contributed by atoms with van der Waals surface area (Å²) in [6, 6.07) is 0. The molecule has 472 valence electrons. The lowest BCUT2D eigenvalue weighted by Gasteiger charge is -2.18. The highest BCUT2D eigenvalue weighted by Crippen LogP contribution is 2.17. The Morgan fingerprint density at radius 3 is 0.768 bits per heavy atom. The summed E-state index contributed by atoms with van der Waals surface area (Å²) in [5.41, 5.74) is 0. The zero-order valence-corrected chi connectivity index (χ0v) is 54.2. The Hall–Kier alpha value is -3.67. The maximum absolute atomic E-state index is 13.0. The fraction of sp³-hybridized carbons (Fsp3) is 0.750. The van der Waals surface area contributed by atoms with E-state index in [2.05, 4.69) is 118 Å². The van der Waals surface area contributed by atoms with E-state index in [0.717, 1.165) is 116 Å². The third-order valence-electron chi connectivity index (χ3n) is 15.3. The summed E-state index contributed by atoms with van der Waals surface area (Å²) in [5.74, 6) is -0.888. The van der Waals surface area contributed by atoms with Crippen LogP contribution in [-0.2, 0) is 28.6 Å². The molecule has 6 heteroatoms. The van der Waals surface area contributed by atoms with E-state index in [0.29, 0.717) is 19.3 Å². The van der Waals surface area contributed by atoms with Gasteiger partial charge < -0.3 is 14.2 Å². The third-order valence-corrected chi connectivity index (χ3v) is 15.3. The van der Waals surface area contributed by atoms with Crippen LogP contribution in [0.2, 0.25) is 0 Å². The second kappa shape index (κ2) is 69.8. The van der Waals surface area contributed by atoms with Crippen molar-refractivity contribution in [1.29, 1.82) is 0 Å². The van der Waals surface area contributed by atoms with Crippen molar-refractivity contribution in [2.45, 2.75) is 354 Å². The molecule has 1 atom stereocenters. The van der Waals surface area contributed by atoms with Gasteiger partial charge in [0.1, 0.15) is 13.2 Å². The molecular formula is C76H132O6. The smallest absolute Gasteiger partial charge is 0.306 e. The highest BCUT2D eigenvalue weighted by molar-refractivity contribution is 5.71. The molecule has 0 aromatic heterocycles. The van der Waals surface area contributed by atoms with E-state index in [1.807, 2.05) is 0 Å². The van der Waals surface area contributed by atoms with Crippen LogP contribution in [0.4, 0.5) is 0 Å². The highest BCUT2D eigenvalue weighted by Gasteiger charge is 2.19. The molecule has 0 aromatic carbocycles. The van der Waals surface area contributed by atoms with Crippen molar-refractivity contribution in [3.8, 4) is 0 Å². The van der Waals surface area contributed by atoms with E-state index < -0.39 is 6.10 Å². The van der Waals surface area contributed by atoms with Crippen LogP contribution in [0.15, 0.2) is 97.2 Å². The van der Waals surface area contributed by atoms with Crippen molar-refractivity contribution in [2.75, 3.05) is 13.2 Å². The van der Waals surface area contributed by atoms with Crippen molar-refractivity contribution in [2.24, 2.45) is 0 Å². The summed E-state index contributed by atoms with van der Waals surface area (Å²) in [6.45, 7) is 6.53. The van der Waals surface area contributed by atoms with Crippen LogP contribution in [0, 0.1) is 0 Å². The van der Waals surface area contributed by atoms with Crippen molar-refractivity contribution in [1.82, 2.24) is 0 Å². The average Bonchev–Trinajstić information content (AvgIpc) is 3.47. The molecule has 0 radical (unpaired) electrons. The van der Waals surface area contributed by atoms with Gasteiger partial charge in [0.2, 0.25) is 0 Å². The number of hydrogen-bond acceptors (Lipinski definition) is 6. The first-order valence-corrected chi connectivity index (χ1v) is 35.2. The van der Waals surface area contributed by atoms with E-state index in [4.69, 9.17) is 14.2 Å². The van der Waals surface area contributed by atoms with Crippen LogP contribution in [-0.4, -0.2) is 37.2 Å². The van der Waals surface area contributed by atoms with Crippen LogP contribution in [0.25, 0.3) is 0 Å². The number of carbonyl (C=O) groups is 3. The molecule has 82 heavy (non-hydrogen) atoms. The maximum Gasteiger partial charge on any atom is 0.306 e. The first-order chi connectivity index (χ1) is 40.5. The fourth-order valence-electron chi connectivity index (χ4n) is 10.0. The minimum absolute atomic E-state index is 0.0842. The second-order valence-corrected chi connectivity index (χ2v) is 23.4. The quantitative estimate of drug-likeness (QED) is 0.0261. The molecule has 0 N–H and O–H groups in total. The number of carbonyl (C=O) groups excluding carboxylic acids is 3. The number of hydrogen-bond donors (Lipinski definition) is 0. The maximum atomic E-state index is 13.0. The van der Waals surface area contributed by atoms with Gasteiger partial charge in [0.25, 0.3) is 0 Å². The van der Waals surface area contributed by atoms with Gasteiger partial charge in [-0.25, -0.2) is 0 Å². The van der Waals surface area contributed by atoms with Gasteiger partial charge in [0.15, 0.2) is 6.10 Å². The number of allylic oxidation sites excluding steroid dienone is 16. The first kappa shape index (κ1) is 78.3. The Kier molecular flexibility index (Phi) is 66.7. The largest absolute Gasteiger partial charge is 0.462 e. The molecule has 6 nitrogen and oxygen atoms in total. The Morgan fingerprint density at radius 1 is 0.256 bits per heavy atom. The predicted octanol–water partition coefficient (Wildman–Crippen LogP) is 24.4. The van der Waals surface area contributed by atoms with Gasteiger partial charge in [-0.1, -0.05) is 304 Å². The molecule has 0 fully saturated rings. The monoisotopic (exact) mass is 1140 g/mol. The van der Waals surface area contributed by atoms with Gasteiger partial charge in [0.05, 0.1) is 0 Å². The van der Waals surface area contributed by atoms with E-state index in [1.54, 1.807) is 0 Å². The molecule has 0 rings (SSSR count). The lowest BCUT2D eigenvalue weighted by Crippen LogP contribution is -2.30. The topological polar surface area (TPSA) is 78.9 Å². The minimum atomic E-state index is -0.789. The van der Waals surface area contributed by atoms with Crippen molar-refractivity contribution >= 4 is 17.9 Å². The summed E-state index contributed by atoms with van der Waals surface area (Å²) < 4.78 is 17.0. The summed E-state index contributed by atoms with van der Waals surface area (Å²) in [7, 11) is 0. The molecular weight excluding hydrogens is 1010 g/mol. The standard InChI is InChI=1S/C76H132O6/c1-4-7-10-13-16-19-22-25-28-31-33-35-37-38-40-41-43-45-48-51-54-57-60-63-66-69-75(78)81-72-73(71-80-74(77)68-65-62-59-56-53-50-47-30-27-24-21-18-15-12-9-6-3)82-76(79)70-67-64-61-58-55-52-49-46-44-42-39-36-34-32-29-26-23-20-17-14-11-8-5-2/h7,10,16,19,21,24-25,28,30,32-35,38,40,47,73H,4-6,8-9,11-15,17-18,20,22-23,26-27,29,31,36-37,39,41-46,48-72H2,1-3H3/b10-7-,19-16-,24-21-,28-25-,34-32-,35-33-,40-38-,47-30-. The lowest BCUT2D eigenvalue weighted by molar-refractivity contribution is -0.167. The predicted molar refractivity (Wildman–Crippen MR) is 357 cm³/mol. The Morgan fingerprint density at radius 2 is 0.476 bits per heavy atom. The number of esters is 3. The number of ether oxygens (including phenoxy) is 3. The SMILES string of the molecule is CC/C=C\C/C=C\C/C=C\C/C=C\C/C=C\CCCCCCCCCCCC(=O)OCC(COC(=O)CCCCCCC/C=C\C/C=C\CCCCCC)OC(=O)CCCCCCCCCCCCC/C=C\CCCCCCCCCC. The molecule has 0 aromatic rings. The molecule has 1 unspecified atom stereocenters. The van der Waals surface area contributed by atoms with Gasteiger partial charge in [0, 0.05) is 19.3 Å². The molecule has 0 amide bonds. The van der Waals surface area contributed by atoms with Crippen molar-refractivity contribution in [3.05, 3.63) is 97.2 Å². The molecule has 0 saturated carbocycles. The zero-order valence-electron chi connectivity index (χ0n) is 54.2. The molecule has 0 heterocycles. The number of unbranched alkanes of at least 4 members (excludes halogenated alkanes) is 37. The number of rotatable bonds is 64. The summed E-state index contributed by atoms with van der Waals surface area (Å²) >= 11 is 0. The molecule has 0 bridgehead atoms. The third kappa shape index (κ3) is 67.1. The molecule has 0 aliphatic heterocycles. The van der Waals surface area contributed by atoms with Gasteiger partial charge in [-0.05, 0) is 122 Å². The van der Waals surface area contributed by atoms with Crippen molar-refractivity contribution in [3.63, 3.8) is 0 Å². The van der Waals surface area contributed by atoms with Gasteiger partial charge in [-0.2, -0.15) is 0 Å². The van der Waals surface area contributed by atoms with Gasteiger partial charge in [-0.15, -0.1) is 0 Å². The zero-order chi connectivity index (χ0) is 59.2. The van der Waals surface area contributed by atoms with E-state index >= 15 is 0 Å². The minimum Gasteiger partial charge on any atom is -0.462 e. The summed E-state index contributed by atoms with van der Waals surface area (Å²) in [5, 5.41) is 0. The summed E-state index contributed by atoms with van der Waals surface area (Å²) in [6.07, 6.45) is 94.2. The molecule has 0 spiro atoms. The van der Waals surface area contributed by atoms with E-state index in [9.17, 15) is 14.4 Å². The van der Waals surface area contributed by atoms with Crippen LogP contribution < -0.4 is 0 Å². The first-order valence-electron chi connectivity index (χ1n) is 35.2. The molecule has 0 saturated heterocycles. The van der Waals surface area contributed by atoms with Crippen LogP contribution in [0.5, 0.6) is 0 Å². The highest BCUT2D eigenvalue weighted by atomic mass is 16.6. The Labute approximate surface area is 508 Å². The Bertz CT molecular complexity index is 1590. The van der Waals surface area contributed by atoms with Crippen molar-refractivity contribution < 1.29 is 28.6 Å². The molecule has 0 aliphatic rings. The van der Waals surface area contributed by atoms with Crippen LogP contribution >= 0.6 is 0 Å². The van der Waals surface area contributed by atoms with E-state index in [1.165, 1.54) is 193 Å². The molecule has 0 aliphatic carbocycles. The lowest BCUT2D eigenvalue weighted by atomic mass is 10.0. The normalized spacial score (nSPS) is 12.7. The van der Waals surface area contributed by atoms with Crippen LogP contribution in [0.3, 0.4) is 0 Å². The van der Waals surface area contributed by atoms with Gasteiger partial charge >= 0.3 is 17.9 Å². The van der Waals surface area contributed by atoms with Gasteiger partial charge in [-0.3, -0.25) is 14.4 Å². The summed E-state index contributed by atoms with van der Waals surface area (Å²) in [4.78, 5) is 38.5.